The summed E-state index contributed by atoms with van der Waals surface area (Å²) in [7, 11) is 0. The minimum absolute atomic E-state index is 0.0229. The van der Waals surface area contributed by atoms with Gasteiger partial charge in [0.15, 0.2) is 0 Å². The summed E-state index contributed by atoms with van der Waals surface area (Å²) >= 11 is 0. The Hall–Kier alpha value is -2.18. The number of rotatable bonds is 5. The molecule has 3 atom stereocenters. The van der Waals surface area contributed by atoms with Gasteiger partial charge in [-0.25, -0.2) is 0 Å². The number of hydrogen-bond acceptors (Lipinski definition) is 5. The predicted molar refractivity (Wildman–Crippen MR) is 86.8 cm³/mol. The minimum atomic E-state index is -0.142. The Morgan fingerprint density at radius 2 is 2.29 bits per heavy atom. The lowest BCUT2D eigenvalue weighted by molar-refractivity contribution is -0.127. The van der Waals surface area contributed by atoms with E-state index < -0.39 is 0 Å². The molecule has 0 radical (unpaired) electrons. The highest BCUT2D eigenvalue weighted by Crippen LogP contribution is 2.34. The maximum atomic E-state index is 12.6. The van der Waals surface area contributed by atoms with E-state index in [9.17, 15) is 4.79 Å². The molecule has 4 heterocycles. The molecule has 2 saturated heterocycles. The van der Waals surface area contributed by atoms with Crippen LogP contribution in [0.1, 0.15) is 17.9 Å². The Morgan fingerprint density at radius 3 is 3.08 bits per heavy atom. The minimum Gasteiger partial charge on any atom is -0.467 e. The van der Waals surface area contributed by atoms with Crippen molar-refractivity contribution in [2.24, 2.45) is 5.92 Å². The molecule has 1 N–H and O–H groups in total. The van der Waals surface area contributed by atoms with Crippen molar-refractivity contribution in [2.75, 3.05) is 13.2 Å². The Morgan fingerprint density at radius 1 is 1.33 bits per heavy atom. The molecule has 0 aliphatic carbocycles. The molecule has 0 saturated carbocycles. The average Bonchev–Trinajstić information content (AvgIpc) is 3.33. The van der Waals surface area contributed by atoms with Gasteiger partial charge >= 0.3 is 0 Å². The fourth-order valence-electron chi connectivity index (χ4n) is 3.70. The van der Waals surface area contributed by atoms with Gasteiger partial charge < -0.3 is 14.5 Å². The second-order valence-electron chi connectivity index (χ2n) is 6.35. The van der Waals surface area contributed by atoms with E-state index in [0.29, 0.717) is 19.1 Å². The van der Waals surface area contributed by atoms with Crippen LogP contribution in [0, 0.1) is 5.92 Å². The molecular weight excluding hydrogens is 306 g/mol. The number of likely N-dealkylation sites (tertiary alicyclic amines) is 1. The second kappa shape index (κ2) is 6.75. The molecule has 2 fully saturated rings. The number of aromatic nitrogens is 1. The molecule has 24 heavy (non-hydrogen) atoms. The van der Waals surface area contributed by atoms with Crippen LogP contribution in [0.15, 0.2) is 47.2 Å². The van der Waals surface area contributed by atoms with Crippen LogP contribution in [0.4, 0.5) is 0 Å². The normalized spacial score (nSPS) is 26.4. The molecule has 0 spiro atoms. The molecule has 0 bridgehead atoms. The summed E-state index contributed by atoms with van der Waals surface area (Å²) in [4.78, 5) is 19.3. The van der Waals surface area contributed by atoms with Crippen LogP contribution in [0.5, 0.6) is 0 Å². The van der Waals surface area contributed by atoms with E-state index in [1.54, 1.807) is 6.26 Å². The van der Waals surface area contributed by atoms with Gasteiger partial charge in [0.2, 0.25) is 5.91 Å². The van der Waals surface area contributed by atoms with Gasteiger partial charge in [0.25, 0.3) is 0 Å². The Labute approximate surface area is 140 Å². The van der Waals surface area contributed by atoms with Crippen molar-refractivity contribution >= 4 is 5.91 Å². The highest BCUT2D eigenvalue weighted by Gasteiger charge is 2.48. The molecule has 0 aromatic carbocycles. The van der Waals surface area contributed by atoms with Crippen molar-refractivity contribution in [3.63, 3.8) is 0 Å². The molecule has 2 aliphatic rings. The second-order valence-corrected chi connectivity index (χ2v) is 6.35. The maximum Gasteiger partial charge on any atom is 0.227 e. The monoisotopic (exact) mass is 327 g/mol. The molecule has 1 amide bonds. The zero-order valence-corrected chi connectivity index (χ0v) is 13.4. The van der Waals surface area contributed by atoms with Crippen LogP contribution in [0.2, 0.25) is 0 Å². The van der Waals surface area contributed by atoms with Crippen LogP contribution >= 0.6 is 0 Å². The van der Waals surface area contributed by atoms with E-state index in [1.807, 2.05) is 36.5 Å². The fraction of sp³-hybridized carbons (Fsp3) is 0.444. The van der Waals surface area contributed by atoms with Gasteiger partial charge in [0.05, 0.1) is 30.5 Å². The summed E-state index contributed by atoms with van der Waals surface area (Å²) in [6, 6.07) is 9.91. The fourth-order valence-corrected chi connectivity index (χ4v) is 3.70. The average molecular weight is 327 g/mol. The Kier molecular flexibility index (Phi) is 4.32. The largest absolute Gasteiger partial charge is 0.467 e. The number of carbonyl (C=O) groups is 1. The molecule has 2 aromatic heterocycles. The first-order valence-corrected chi connectivity index (χ1v) is 8.37. The van der Waals surface area contributed by atoms with Crippen molar-refractivity contribution in [1.29, 1.82) is 0 Å². The molecule has 2 aromatic rings. The zero-order chi connectivity index (χ0) is 16.4. The summed E-state index contributed by atoms with van der Waals surface area (Å²) in [5, 5.41) is 2.97. The van der Waals surface area contributed by atoms with Gasteiger partial charge in [-0.1, -0.05) is 6.07 Å². The van der Waals surface area contributed by atoms with E-state index in [0.717, 1.165) is 31.0 Å². The van der Waals surface area contributed by atoms with Crippen molar-refractivity contribution in [3.8, 4) is 0 Å². The van der Waals surface area contributed by atoms with Crippen LogP contribution < -0.4 is 5.32 Å². The van der Waals surface area contributed by atoms with E-state index in [-0.39, 0.29) is 17.9 Å². The summed E-state index contributed by atoms with van der Waals surface area (Å²) in [5.74, 6) is 0.651. The third kappa shape index (κ3) is 3.07. The number of pyridine rings is 1. The number of fused-ring (bicyclic) bond motifs is 1. The van der Waals surface area contributed by atoms with Crippen molar-refractivity contribution in [1.82, 2.24) is 15.2 Å². The number of furan rings is 1. The first kappa shape index (κ1) is 15.4. The number of hydrogen-bond donors (Lipinski definition) is 1. The smallest absolute Gasteiger partial charge is 0.227 e. The molecular formula is C18H21N3O3. The molecule has 6 heteroatoms. The third-order valence-corrected chi connectivity index (χ3v) is 4.84. The first-order chi connectivity index (χ1) is 11.8. The van der Waals surface area contributed by atoms with Gasteiger partial charge in [0, 0.05) is 31.9 Å². The van der Waals surface area contributed by atoms with Crippen LogP contribution in [-0.4, -0.2) is 41.1 Å². The topological polar surface area (TPSA) is 67.6 Å². The van der Waals surface area contributed by atoms with Gasteiger partial charge in [-0.05, 0) is 30.7 Å². The van der Waals surface area contributed by atoms with Crippen LogP contribution in [0.3, 0.4) is 0 Å². The van der Waals surface area contributed by atoms with E-state index >= 15 is 0 Å². The summed E-state index contributed by atoms with van der Waals surface area (Å²) in [6.45, 7) is 2.60. The molecule has 4 rings (SSSR count). The van der Waals surface area contributed by atoms with E-state index in [4.69, 9.17) is 9.15 Å². The number of nitrogens with zero attached hydrogens (tertiary/aromatic N) is 2. The molecule has 126 valence electrons. The highest BCUT2D eigenvalue weighted by molar-refractivity contribution is 5.80. The third-order valence-electron chi connectivity index (χ3n) is 4.84. The number of amides is 1. The summed E-state index contributed by atoms with van der Waals surface area (Å²) in [5.41, 5.74) is 1.03. The lowest BCUT2D eigenvalue weighted by atomic mass is 10.0. The standard InChI is InChI=1S/C18H21N3O3/c22-18(20-10-14-5-3-8-23-14)15-12-21(16-6-9-24-17(15)16)11-13-4-1-2-7-19-13/h1-5,7-8,15-17H,6,9-12H2,(H,20,22)/t15-,16+,17+/m1/s1. The summed E-state index contributed by atoms with van der Waals surface area (Å²) in [6.07, 6.45) is 4.37. The summed E-state index contributed by atoms with van der Waals surface area (Å²) < 4.78 is 11.1. The number of nitrogens with one attached hydrogen (secondary N) is 1. The number of carbonyl (C=O) groups excluding carboxylic acids is 1. The Balaban J connectivity index is 1.41. The Bertz CT molecular complexity index is 674. The van der Waals surface area contributed by atoms with Crippen LogP contribution in [0.25, 0.3) is 0 Å². The van der Waals surface area contributed by atoms with Gasteiger partial charge in [0.1, 0.15) is 5.76 Å². The highest BCUT2D eigenvalue weighted by atomic mass is 16.5. The van der Waals surface area contributed by atoms with Crippen LogP contribution in [-0.2, 0) is 22.6 Å². The molecule has 6 nitrogen and oxygen atoms in total. The van der Waals surface area contributed by atoms with E-state index in [1.165, 1.54) is 0 Å². The zero-order valence-electron chi connectivity index (χ0n) is 13.4. The lowest BCUT2D eigenvalue weighted by Gasteiger charge is -2.21. The molecule has 0 unspecified atom stereocenters. The van der Waals surface area contributed by atoms with Crippen molar-refractivity contribution < 1.29 is 13.9 Å². The molecule has 2 aliphatic heterocycles. The maximum absolute atomic E-state index is 12.6. The van der Waals surface area contributed by atoms with E-state index in [2.05, 4.69) is 15.2 Å². The quantitative estimate of drug-likeness (QED) is 0.903. The number of ether oxygens (including phenoxy) is 1. The first-order valence-electron chi connectivity index (χ1n) is 8.37. The predicted octanol–water partition coefficient (Wildman–Crippen LogP) is 1.58. The van der Waals surface area contributed by atoms with Gasteiger partial charge in [-0.15, -0.1) is 0 Å². The van der Waals surface area contributed by atoms with Gasteiger partial charge in [-0.3, -0.25) is 14.7 Å². The SMILES string of the molecule is O=C(NCc1ccco1)[C@@H]1CN(Cc2ccccn2)[C@H]2CCO[C@@H]12. The van der Waals surface area contributed by atoms with Crippen molar-refractivity contribution in [2.45, 2.75) is 31.7 Å². The van der Waals surface area contributed by atoms with Gasteiger partial charge in [-0.2, -0.15) is 0 Å². The lowest BCUT2D eigenvalue weighted by Crippen LogP contribution is -2.37. The van der Waals surface area contributed by atoms with Crippen molar-refractivity contribution in [3.05, 3.63) is 54.2 Å².